The molecule has 0 aliphatic heterocycles. The maximum Gasteiger partial charge on any atom is 0.263 e. The fourth-order valence-electron chi connectivity index (χ4n) is 2.93. The molecule has 4 rings (SSSR count). The number of benzene rings is 1. The Morgan fingerprint density at radius 1 is 1.20 bits per heavy atom. The van der Waals surface area contributed by atoms with Gasteiger partial charge in [-0.2, -0.15) is 4.52 Å². The average molecular weight is 424 g/mol. The van der Waals surface area contributed by atoms with Crippen LogP contribution >= 0.6 is 11.3 Å². The highest BCUT2D eigenvalue weighted by Gasteiger charge is 2.14. The molecule has 0 atom stereocenters. The number of fused-ring (bicyclic) bond motifs is 1. The van der Waals surface area contributed by atoms with Crippen molar-refractivity contribution in [2.45, 2.75) is 13.8 Å². The van der Waals surface area contributed by atoms with Crippen LogP contribution in [0.1, 0.15) is 20.4 Å². The van der Waals surface area contributed by atoms with Gasteiger partial charge in [-0.1, -0.05) is 12.1 Å². The highest BCUT2D eigenvalue weighted by molar-refractivity contribution is 7.13. The molecule has 3 aromatic heterocycles. The van der Waals surface area contributed by atoms with Crippen molar-refractivity contribution in [1.82, 2.24) is 30.1 Å². The Bertz CT molecular complexity index is 1200. The van der Waals surface area contributed by atoms with Crippen molar-refractivity contribution < 1.29 is 14.3 Å². The zero-order chi connectivity index (χ0) is 21.1. The summed E-state index contributed by atoms with van der Waals surface area (Å²) in [5.74, 6) is 1.56. The highest BCUT2D eigenvalue weighted by atomic mass is 32.1. The van der Waals surface area contributed by atoms with Crippen molar-refractivity contribution in [1.29, 1.82) is 0 Å². The Morgan fingerprint density at radius 2 is 2.07 bits per heavy atom. The lowest BCUT2D eigenvalue weighted by molar-refractivity contribution is 0.0949. The van der Waals surface area contributed by atoms with Gasteiger partial charge in [0.2, 0.25) is 5.88 Å². The summed E-state index contributed by atoms with van der Waals surface area (Å²) in [7, 11) is 1.61. The standard InChI is InChI=1S/C20H20N6O3S/c1-12-18(30-13(2)22-12)20(27)21-9-10-29-17-8-7-16-23-24-19(26(16)25-17)14-5-4-6-15(11-14)28-3/h4-8,11H,9-10H2,1-3H3,(H,21,27). The van der Waals surface area contributed by atoms with E-state index in [0.717, 1.165) is 22.0 Å². The average Bonchev–Trinajstić information content (AvgIpc) is 3.33. The van der Waals surface area contributed by atoms with Gasteiger partial charge in [-0.05, 0) is 32.0 Å². The first kappa shape index (κ1) is 19.8. The molecule has 30 heavy (non-hydrogen) atoms. The molecule has 0 aliphatic rings. The summed E-state index contributed by atoms with van der Waals surface area (Å²) < 4.78 is 12.6. The van der Waals surface area contributed by atoms with Gasteiger partial charge < -0.3 is 14.8 Å². The molecule has 0 saturated carbocycles. The Labute approximate surface area is 176 Å². The van der Waals surface area contributed by atoms with Crippen LogP contribution in [0, 0.1) is 13.8 Å². The number of thiazole rings is 1. The van der Waals surface area contributed by atoms with Crippen LogP contribution in [0.25, 0.3) is 17.0 Å². The quantitative estimate of drug-likeness (QED) is 0.455. The topological polar surface area (TPSA) is 104 Å². The molecular formula is C20H20N6O3S. The fourth-order valence-corrected chi connectivity index (χ4v) is 3.77. The summed E-state index contributed by atoms with van der Waals surface area (Å²) >= 11 is 1.38. The maximum absolute atomic E-state index is 12.2. The van der Waals surface area contributed by atoms with E-state index in [1.165, 1.54) is 11.3 Å². The van der Waals surface area contributed by atoms with Crippen molar-refractivity contribution in [3.63, 3.8) is 0 Å². The van der Waals surface area contributed by atoms with Crippen LogP contribution in [0.3, 0.4) is 0 Å². The van der Waals surface area contributed by atoms with E-state index in [2.05, 4.69) is 25.6 Å². The summed E-state index contributed by atoms with van der Waals surface area (Å²) in [6.45, 7) is 4.33. The third-order valence-corrected chi connectivity index (χ3v) is 5.39. The van der Waals surface area contributed by atoms with E-state index in [-0.39, 0.29) is 12.5 Å². The number of nitrogens with one attached hydrogen (secondary N) is 1. The Hall–Kier alpha value is -3.53. The van der Waals surface area contributed by atoms with Crippen LogP contribution < -0.4 is 14.8 Å². The zero-order valence-electron chi connectivity index (χ0n) is 16.7. The number of aryl methyl sites for hydroxylation is 2. The molecule has 10 heteroatoms. The van der Waals surface area contributed by atoms with Gasteiger partial charge in [0, 0.05) is 11.6 Å². The van der Waals surface area contributed by atoms with Crippen LogP contribution in [0.15, 0.2) is 36.4 Å². The number of carbonyl (C=O) groups is 1. The predicted octanol–water partition coefficient (Wildman–Crippen LogP) is 2.68. The second kappa shape index (κ2) is 8.46. The number of aromatic nitrogens is 5. The Morgan fingerprint density at radius 3 is 2.83 bits per heavy atom. The van der Waals surface area contributed by atoms with E-state index in [9.17, 15) is 4.79 Å². The number of hydrogen-bond donors (Lipinski definition) is 1. The summed E-state index contributed by atoms with van der Waals surface area (Å²) in [6.07, 6.45) is 0. The SMILES string of the molecule is COc1cccc(-c2nnc3ccc(OCCNC(=O)c4sc(C)nc4C)nn23)c1. The molecule has 0 bridgehead atoms. The second-order valence-electron chi connectivity index (χ2n) is 6.45. The van der Waals surface area contributed by atoms with Crippen molar-refractivity contribution in [2.75, 3.05) is 20.3 Å². The molecule has 4 aromatic rings. The van der Waals surface area contributed by atoms with Crippen molar-refractivity contribution in [3.8, 4) is 23.0 Å². The normalized spacial score (nSPS) is 10.9. The number of carbonyl (C=O) groups excluding carboxylic acids is 1. The minimum absolute atomic E-state index is 0.149. The Balaban J connectivity index is 1.42. The fraction of sp³-hybridized carbons (Fsp3) is 0.250. The van der Waals surface area contributed by atoms with Crippen molar-refractivity contribution in [3.05, 3.63) is 52.0 Å². The van der Waals surface area contributed by atoms with Gasteiger partial charge in [-0.25, -0.2) is 4.98 Å². The number of rotatable bonds is 7. The van der Waals surface area contributed by atoms with Gasteiger partial charge >= 0.3 is 0 Å². The molecule has 0 fully saturated rings. The minimum atomic E-state index is -0.149. The first-order valence-electron chi connectivity index (χ1n) is 9.27. The molecule has 1 amide bonds. The number of ether oxygens (including phenoxy) is 2. The molecule has 0 aliphatic carbocycles. The van der Waals surface area contributed by atoms with E-state index in [0.29, 0.717) is 28.8 Å². The third kappa shape index (κ3) is 4.08. The molecule has 0 radical (unpaired) electrons. The van der Waals surface area contributed by atoms with Gasteiger partial charge in [0.25, 0.3) is 5.91 Å². The summed E-state index contributed by atoms with van der Waals surface area (Å²) in [6, 6.07) is 11.0. The van der Waals surface area contributed by atoms with E-state index < -0.39 is 0 Å². The molecule has 3 heterocycles. The number of nitrogens with zero attached hydrogens (tertiary/aromatic N) is 5. The molecule has 0 saturated heterocycles. The van der Waals surface area contributed by atoms with Crippen LogP contribution in [0.4, 0.5) is 0 Å². The third-order valence-electron chi connectivity index (χ3n) is 4.31. The first-order chi connectivity index (χ1) is 14.5. The van der Waals surface area contributed by atoms with Gasteiger partial charge in [0.15, 0.2) is 11.5 Å². The van der Waals surface area contributed by atoms with E-state index >= 15 is 0 Å². The zero-order valence-corrected chi connectivity index (χ0v) is 17.6. The van der Waals surface area contributed by atoms with Crippen LogP contribution in [-0.2, 0) is 0 Å². The summed E-state index contributed by atoms with van der Waals surface area (Å²) in [4.78, 5) is 17.1. The van der Waals surface area contributed by atoms with Crippen LogP contribution in [0.5, 0.6) is 11.6 Å². The predicted molar refractivity (Wildman–Crippen MR) is 112 cm³/mol. The van der Waals surface area contributed by atoms with Gasteiger partial charge in [0.05, 0.1) is 24.4 Å². The lowest BCUT2D eigenvalue weighted by atomic mass is 10.2. The molecule has 1 aromatic carbocycles. The molecule has 1 N–H and O–H groups in total. The van der Waals surface area contributed by atoms with Crippen molar-refractivity contribution in [2.24, 2.45) is 0 Å². The first-order valence-corrected chi connectivity index (χ1v) is 10.1. The van der Waals surface area contributed by atoms with E-state index in [1.807, 2.05) is 38.1 Å². The van der Waals surface area contributed by atoms with E-state index in [4.69, 9.17) is 9.47 Å². The lowest BCUT2D eigenvalue weighted by Gasteiger charge is -2.07. The van der Waals surface area contributed by atoms with Gasteiger partial charge in [-0.15, -0.1) is 26.6 Å². The molecule has 0 spiro atoms. The van der Waals surface area contributed by atoms with Gasteiger partial charge in [-0.3, -0.25) is 4.79 Å². The second-order valence-corrected chi connectivity index (χ2v) is 7.65. The van der Waals surface area contributed by atoms with Gasteiger partial charge in [0.1, 0.15) is 17.2 Å². The van der Waals surface area contributed by atoms with Crippen LogP contribution in [0.2, 0.25) is 0 Å². The lowest BCUT2D eigenvalue weighted by Crippen LogP contribution is -2.28. The number of hydrogen-bond acceptors (Lipinski definition) is 8. The smallest absolute Gasteiger partial charge is 0.263 e. The highest BCUT2D eigenvalue weighted by Crippen LogP contribution is 2.23. The molecule has 9 nitrogen and oxygen atoms in total. The molecule has 154 valence electrons. The molecule has 0 unspecified atom stereocenters. The van der Waals surface area contributed by atoms with Crippen LogP contribution in [-0.4, -0.2) is 51.0 Å². The summed E-state index contributed by atoms with van der Waals surface area (Å²) in [5, 5.41) is 16.5. The Kier molecular flexibility index (Phi) is 5.57. The number of amides is 1. The monoisotopic (exact) mass is 424 g/mol. The summed E-state index contributed by atoms with van der Waals surface area (Å²) in [5.41, 5.74) is 2.17. The largest absolute Gasteiger partial charge is 0.497 e. The van der Waals surface area contributed by atoms with E-state index in [1.54, 1.807) is 23.8 Å². The van der Waals surface area contributed by atoms with Crippen molar-refractivity contribution >= 4 is 22.9 Å². The molecular weight excluding hydrogens is 404 g/mol. The number of methoxy groups -OCH3 is 1. The minimum Gasteiger partial charge on any atom is -0.497 e. The maximum atomic E-state index is 12.2.